The normalized spacial score (nSPS) is 32.1. The van der Waals surface area contributed by atoms with Crippen LogP contribution in [0.25, 0.3) is 0 Å². The van der Waals surface area contributed by atoms with Crippen molar-refractivity contribution in [3.8, 4) is 0 Å². The molecule has 0 radical (unpaired) electrons. The highest BCUT2D eigenvalue weighted by Gasteiger charge is 2.53. The zero-order chi connectivity index (χ0) is 23.5. The van der Waals surface area contributed by atoms with Crippen molar-refractivity contribution in [3.05, 3.63) is 5.89 Å². The number of piperidine rings is 1. The lowest BCUT2D eigenvalue weighted by atomic mass is 9.60. The molecule has 3 aliphatic carbocycles. The summed E-state index contributed by atoms with van der Waals surface area (Å²) in [6.07, 6.45) is 9.96. The molecule has 0 aromatic carbocycles. The van der Waals surface area contributed by atoms with E-state index in [-0.39, 0.29) is 17.8 Å². The number of hydrogen-bond acceptors (Lipinski definition) is 8. The number of anilines is 1. The van der Waals surface area contributed by atoms with Gasteiger partial charge in [-0.2, -0.15) is 4.98 Å². The van der Waals surface area contributed by atoms with E-state index in [1.165, 1.54) is 6.42 Å². The number of carbonyl (C=O) groups is 2. The van der Waals surface area contributed by atoms with Gasteiger partial charge in [-0.15, -0.1) is 0 Å². The fraction of sp³-hybridized carbons (Fsp3) is 0.833. The number of carboxylic acid groups (broad SMARTS) is 1. The van der Waals surface area contributed by atoms with Crippen molar-refractivity contribution < 1.29 is 24.0 Å². The molecule has 10 nitrogen and oxygen atoms in total. The average molecular weight is 476 g/mol. The molecule has 2 saturated heterocycles. The molecule has 34 heavy (non-hydrogen) atoms. The molecule has 5 aliphatic rings. The SMILES string of the molecule is O=C(NC1CCC1)[C@@]12CC[C@H](N3CCOCC3)C[C@H]1CCN(c1noc(C3CC3)n1)C2.O=CO. The minimum atomic E-state index is -0.336. The van der Waals surface area contributed by atoms with E-state index in [1.54, 1.807) is 0 Å². The summed E-state index contributed by atoms with van der Waals surface area (Å²) in [5, 5.41) is 14.6. The predicted octanol–water partition coefficient (Wildman–Crippen LogP) is 2.01. The fourth-order valence-corrected chi connectivity index (χ4v) is 6.18. The van der Waals surface area contributed by atoms with E-state index in [0.717, 1.165) is 96.7 Å². The topological polar surface area (TPSA) is 121 Å². The molecule has 10 heteroatoms. The molecule has 1 amide bonds. The van der Waals surface area contributed by atoms with Crippen molar-refractivity contribution in [1.82, 2.24) is 20.4 Å². The van der Waals surface area contributed by atoms with Gasteiger partial charge in [0, 0.05) is 44.2 Å². The highest BCUT2D eigenvalue weighted by Crippen LogP contribution is 2.49. The first-order valence-corrected chi connectivity index (χ1v) is 12.9. The summed E-state index contributed by atoms with van der Waals surface area (Å²) in [6.45, 7) is 5.10. The Balaban J connectivity index is 0.000000764. The molecule has 2 N–H and O–H groups in total. The van der Waals surface area contributed by atoms with Crippen LogP contribution in [0.3, 0.4) is 0 Å². The fourth-order valence-electron chi connectivity index (χ4n) is 6.18. The van der Waals surface area contributed by atoms with Crippen LogP contribution in [0.4, 0.5) is 5.95 Å². The monoisotopic (exact) mass is 475 g/mol. The molecule has 2 aliphatic heterocycles. The molecule has 3 heterocycles. The van der Waals surface area contributed by atoms with Crippen LogP contribution >= 0.6 is 0 Å². The molecule has 0 spiro atoms. The van der Waals surface area contributed by atoms with Crippen molar-refractivity contribution in [1.29, 1.82) is 0 Å². The predicted molar refractivity (Wildman–Crippen MR) is 124 cm³/mol. The van der Waals surface area contributed by atoms with Crippen molar-refractivity contribution in [2.75, 3.05) is 44.3 Å². The smallest absolute Gasteiger partial charge is 0.290 e. The Morgan fingerprint density at radius 2 is 1.88 bits per heavy atom. The van der Waals surface area contributed by atoms with Crippen LogP contribution in [0.15, 0.2) is 4.52 Å². The Bertz CT molecular complexity index is 851. The zero-order valence-electron chi connectivity index (χ0n) is 19.9. The third kappa shape index (κ3) is 4.79. The molecule has 1 aromatic heterocycles. The van der Waals surface area contributed by atoms with Gasteiger partial charge in [-0.05, 0) is 68.9 Å². The molecule has 5 fully saturated rings. The number of morpholine rings is 1. The summed E-state index contributed by atoms with van der Waals surface area (Å²) in [4.78, 5) is 31.6. The van der Waals surface area contributed by atoms with E-state index in [2.05, 4.69) is 20.3 Å². The van der Waals surface area contributed by atoms with Crippen LogP contribution in [0, 0.1) is 11.3 Å². The van der Waals surface area contributed by atoms with Crippen LogP contribution in [-0.2, 0) is 14.3 Å². The van der Waals surface area contributed by atoms with Crippen molar-refractivity contribution >= 4 is 18.3 Å². The summed E-state index contributed by atoms with van der Waals surface area (Å²) in [5.74, 6) is 2.62. The lowest BCUT2D eigenvalue weighted by molar-refractivity contribution is -0.140. The number of rotatable bonds is 5. The number of ether oxygens (including phenoxy) is 1. The van der Waals surface area contributed by atoms with Gasteiger partial charge in [0.15, 0.2) is 0 Å². The Kier molecular flexibility index (Phi) is 7.06. The number of hydrogen-bond donors (Lipinski definition) is 2. The first-order valence-electron chi connectivity index (χ1n) is 12.9. The zero-order valence-corrected chi connectivity index (χ0v) is 19.9. The Morgan fingerprint density at radius 3 is 2.56 bits per heavy atom. The molecule has 0 bridgehead atoms. The van der Waals surface area contributed by atoms with Crippen molar-refractivity contribution in [2.45, 2.75) is 75.8 Å². The highest BCUT2D eigenvalue weighted by molar-refractivity contribution is 5.84. The second-order valence-corrected chi connectivity index (χ2v) is 10.6. The number of fused-ring (bicyclic) bond motifs is 1. The van der Waals surface area contributed by atoms with Gasteiger partial charge in [0.25, 0.3) is 12.4 Å². The van der Waals surface area contributed by atoms with Gasteiger partial charge in [0.1, 0.15) is 0 Å². The van der Waals surface area contributed by atoms with Gasteiger partial charge in [0.05, 0.1) is 18.6 Å². The number of amides is 1. The van der Waals surface area contributed by atoms with Gasteiger partial charge in [0.2, 0.25) is 11.8 Å². The molecule has 188 valence electrons. The summed E-state index contributed by atoms with van der Waals surface area (Å²) in [6, 6.07) is 0.957. The largest absolute Gasteiger partial charge is 0.483 e. The Hall–Kier alpha value is -2.20. The third-order valence-corrected chi connectivity index (χ3v) is 8.58. The van der Waals surface area contributed by atoms with Crippen LogP contribution in [-0.4, -0.2) is 84.0 Å². The number of aromatic nitrogens is 2. The lowest BCUT2D eigenvalue weighted by Gasteiger charge is -2.53. The maximum Gasteiger partial charge on any atom is 0.290 e. The Morgan fingerprint density at radius 1 is 1.12 bits per heavy atom. The second kappa shape index (κ2) is 10.2. The van der Waals surface area contributed by atoms with Gasteiger partial charge < -0.3 is 24.6 Å². The van der Waals surface area contributed by atoms with E-state index in [9.17, 15) is 4.79 Å². The number of nitrogens with one attached hydrogen (secondary N) is 1. The molecule has 0 unspecified atom stereocenters. The van der Waals surface area contributed by atoms with Gasteiger partial charge in [-0.3, -0.25) is 14.5 Å². The van der Waals surface area contributed by atoms with Gasteiger partial charge in [-0.25, -0.2) is 0 Å². The first-order chi connectivity index (χ1) is 16.6. The maximum atomic E-state index is 13.7. The Labute approximate surface area is 200 Å². The van der Waals surface area contributed by atoms with E-state index in [1.807, 2.05) is 0 Å². The maximum absolute atomic E-state index is 13.7. The molecular weight excluding hydrogens is 438 g/mol. The summed E-state index contributed by atoms with van der Waals surface area (Å²) in [7, 11) is 0. The van der Waals surface area contributed by atoms with Gasteiger partial charge in [-0.1, -0.05) is 0 Å². The third-order valence-electron chi connectivity index (χ3n) is 8.58. The van der Waals surface area contributed by atoms with E-state index in [0.29, 0.717) is 29.9 Å². The number of nitrogens with zero attached hydrogens (tertiary/aromatic N) is 4. The molecule has 6 rings (SSSR count). The van der Waals surface area contributed by atoms with Crippen LogP contribution in [0.2, 0.25) is 0 Å². The summed E-state index contributed by atoms with van der Waals surface area (Å²) >= 11 is 0. The summed E-state index contributed by atoms with van der Waals surface area (Å²) in [5.41, 5.74) is -0.336. The molecule has 3 atom stereocenters. The first kappa shape index (κ1) is 23.5. The standard InChI is InChI=1S/C23H35N5O3.CH2O2/c29-21(24-18-2-1-3-18)23-8-6-19(27-10-12-30-13-11-27)14-17(23)7-9-28(15-23)22-25-20(31-26-22)16-4-5-16;2-1-3/h16-19H,1-15H2,(H,24,29);1H,(H,2,3)/t17-,19+,23-;/m1./s1. The van der Waals surface area contributed by atoms with Crippen LogP contribution < -0.4 is 10.2 Å². The van der Waals surface area contributed by atoms with E-state index < -0.39 is 0 Å². The quantitative estimate of drug-likeness (QED) is 0.616. The summed E-state index contributed by atoms with van der Waals surface area (Å²) < 4.78 is 11.1. The minimum absolute atomic E-state index is 0.250. The van der Waals surface area contributed by atoms with Gasteiger partial charge >= 0.3 is 0 Å². The van der Waals surface area contributed by atoms with Crippen LogP contribution in [0.5, 0.6) is 0 Å². The van der Waals surface area contributed by atoms with Crippen LogP contribution in [0.1, 0.15) is 69.6 Å². The van der Waals surface area contributed by atoms with E-state index in [4.69, 9.17) is 24.1 Å². The molecule has 1 aromatic rings. The lowest BCUT2D eigenvalue weighted by Crippen LogP contribution is -2.62. The average Bonchev–Trinajstić information content (AvgIpc) is 3.58. The van der Waals surface area contributed by atoms with Crippen molar-refractivity contribution in [2.24, 2.45) is 11.3 Å². The highest BCUT2D eigenvalue weighted by atomic mass is 16.5. The van der Waals surface area contributed by atoms with E-state index >= 15 is 0 Å². The van der Waals surface area contributed by atoms with Crippen molar-refractivity contribution in [3.63, 3.8) is 0 Å². The second-order valence-electron chi connectivity index (χ2n) is 10.6. The molecule has 3 saturated carbocycles. The minimum Gasteiger partial charge on any atom is -0.483 e. The number of carbonyl (C=O) groups excluding carboxylic acids is 1. The molecular formula is C24H37N5O5.